The number of hydrogen-bond acceptors (Lipinski definition) is 4. The molecule has 4 nitrogen and oxygen atoms in total. The Kier molecular flexibility index (Phi) is 8.57. The third-order valence-electron chi connectivity index (χ3n) is 4.29. The number of aliphatic hydroxyl groups is 3. The third-order valence-corrected chi connectivity index (χ3v) is 4.29. The van der Waals surface area contributed by atoms with Gasteiger partial charge in [0.05, 0.1) is 23.7 Å². The summed E-state index contributed by atoms with van der Waals surface area (Å²) < 4.78 is 6.03. The molecule has 1 fully saturated rings. The standard InChI is InChI=1S/C19H34O4/c1-5-6-7-8-14(23-19(2,3)4)9-10-15-16(11-12-20)18(22)13-17(15)21/h14-18,20-22H,5-8,11-13H2,1-4H3/t14-,15+,16+,17+,18-/m0/s1. The van der Waals surface area contributed by atoms with E-state index in [1.807, 2.05) is 20.8 Å². The molecule has 0 radical (unpaired) electrons. The smallest absolute Gasteiger partial charge is 0.118 e. The number of rotatable bonds is 7. The molecular weight excluding hydrogens is 292 g/mol. The number of hydrogen-bond donors (Lipinski definition) is 3. The Labute approximate surface area is 141 Å². The molecule has 0 spiro atoms. The summed E-state index contributed by atoms with van der Waals surface area (Å²) in [6.07, 6.45) is 3.71. The predicted molar refractivity (Wildman–Crippen MR) is 91.9 cm³/mol. The Balaban J connectivity index is 2.78. The second-order valence-electron chi connectivity index (χ2n) is 7.58. The molecule has 0 unspecified atom stereocenters. The molecular formula is C19H34O4. The van der Waals surface area contributed by atoms with Crippen LogP contribution in [0.3, 0.4) is 0 Å². The first-order valence-corrected chi connectivity index (χ1v) is 8.94. The van der Waals surface area contributed by atoms with E-state index in [-0.39, 0.29) is 30.1 Å². The maximum atomic E-state index is 10.1. The van der Waals surface area contributed by atoms with Gasteiger partial charge in [0.1, 0.15) is 6.10 Å². The van der Waals surface area contributed by atoms with Crippen molar-refractivity contribution in [1.29, 1.82) is 0 Å². The van der Waals surface area contributed by atoms with Crippen LogP contribution in [0.15, 0.2) is 0 Å². The van der Waals surface area contributed by atoms with Gasteiger partial charge in [0.25, 0.3) is 0 Å². The fourth-order valence-corrected chi connectivity index (χ4v) is 3.17. The van der Waals surface area contributed by atoms with Crippen molar-refractivity contribution in [3.63, 3.8) is 0 Å². The minimum Gasteiger partial charge on any atom is -0.396 e. The molecule has 4 heteroatoms. The van der Waals surface area contributed by atoms with Gasteiger partial charge in [0.15, 0.2) is 0 Å². The molecule has 0 bridgehead atoms. The fraction of sp³-hybridized carbons (Fsp3) is 0.895. The zero-order chi connectivity index (χ0) is 17.5. The van der Waals surface area contributed by atoms with E-state index in [9.17, 15) is 10.2 Å². The van der Waals surface area contributed by atoms with Crippen LogP contribution in [0, 0.1) is 23.7 Å². The Morgan fingerprint density at radius 1 is 1.17 bits per heavy atom. The Bertz CT molecular complexity index is 390. The molecule has 1 saturated carbocycles. The first-order valence-electron chi connectivity index (χ1n) is 8.94. The lowest BCUT2D eigenvalue weighted by Crippen LogP contribution is -2.27. The number of aliphatic hydroxyl groups excluding tert-OH is 3. The van der Waals surface area contributed by atoms with E-state index in [0.717, 1.165) is 25.7 Å². The molecule has 134 valence electrons. The van der Waals surface area contributed by atoms with Crippen LogP contribution in [-0.2, 0) is 4.74 Å². The third kappa shape index (κ3) is 7.22. The van der Waals surface area contributed by atoms with Crippen molar-refractivity contribution in [2.45, 2.75) is 90.1 Å². The SMILES string of the molecule is CCCCC[C@@H](C#C[C@@H]1[C@@H](CCO)[C@@H](O)C[C@H]1O)OC(C)(C)C. The van der Waals surface area contributed by atoms with Crippen LogP contribution in [0.5, 0.6) is 0 Å². The lowest BCUT2D eigenvalue weighted by molar-refractivity contribution is -0.0375. The molecule has 0 saturated heterocycles. The van der Waals surface area contributed by atoms with Gasteiger partial charge < -0.3 is 20.1 Å². The highest BCUT2D eigenvalue weighted by Crippen LogP contribution is 2.34. The summed E-state index contributed by atoms with van der Waals surface area (Å²) in [6.45, 7) is 8.23. The summed E-state index contributed by atoms with van der Waals surface area (Å²) in [4.78, 5) is 0. The molecule has 1 aliphatic rings. The van der Waals surface area contributed by atoms with E-state index >= 15 is 0 Å². The minimum absolute atomic E-state index is 0.00501. The largest absolute Gasteiger partial charge is 0.396 e. The van der Waals surface area contributed by atoms with Gasteiger partial charge in [-0.05, 0) is 40.0 Å². The molecule has 1 rings (SSSR count). The first kappa shape index (κ1) is 20.4. The molecule has 0 aromatic heterocycles. The lowest BCUT2D eigenvalue weighted by Gasteiger charge is -2.25. The zero-order valence-electron chi connectivity index (χ0n) is 15.1. The van der Waals surface area contributed by atoms with Crippen molar-refractivity contribution >= 4 is 0 Å². The normalized spacial score (nSPS) is 29.2. The van der Waals surface area contributed by atoms with Crippen LogP contribution < -0.4 is 0 Å². The highest BCUT2D eigenvalue weighted by Gasteiger charge is 2.40. The van der Waals surface area contributed by atoms with Gasteiger partial charge in [0, 0.05) is 18.9 Å². The zero-order valence-corrected chi connectivity index (χ0v) is 15.1. The van der Waals surface area contributed by atoms with Crippen LogP contribution in [0.25, 0.3) is 0 Å². The average molecular weight is 326 g/mol. The summed E-state index contributed by atoms with van der Waals surface area (Å²) in [5.41, 5.74) is -0.260. The van der Waals surface area contributed by atoms with E-state index in [2.05, 4.69) is 18.8 Å². The van der Waals surface area contributed by atoms with Gasteiger partial charge in [0.2, 0.25) is 0 Å². The Morgan fingerprint density at radius 2 is 1.87 bits per heavy atom. The van der Waals surface area contributed by atoms with Crippen LogP contribution in [0.4, 0.5) is 0 Å². The van der Waals surface area contributed by atoms with Gasteiger partial charge in [-0.3, -0.25) is 0 Å². The molecule has 0 aromatic rings. The summed E-state index contributed by atoms with van der Waals surface area (Å²) in [7, 11) is 0. The van der Waals surface area contributed by atoms with E-state index in [4.69, 9.17) is 9.84 Å². The highest BCUT2D eigenvalue weighted by atomic mass is 16.5. The van der Waals surface area contributed by atoms with Crippen LogP contribution >= 0.6 is 0 Å². The van der Waals surface area contributed by atoms with E-state index in [0.29, 0.717) is 12.8 Å². The second kappa shape index (κ2) is 9.64. The van der Waals surface area contributed by atoms with E-state index < -0.39 is 12.2 Å². The van der Waals surface area contributed by atoms with Crippen molar-refractivity contribution in [1.82, 2.24) is 0 Å². The topological polar surface area (TPSA) is 69.9 Å². The molecule has 0 aromatic carbocycles. The molecule has 5 atom stereocenters. The molecule has 3 N–H and O–H groups in total. The quantitative estimate of drug-likeness (QED) is 0.496. The lowest BCUT2D eigenvalue weighted by atomic mass is 9.91. The fourth-order valence-electron chi connectivity index (χ4n) is 3.17. The van der Waals surface area contributed by atoms with Crippen molar-refractivity contribution in [2.75, 3.05) is 6.61 Å². The van der Waals surface area contributed by atoms with Gasteiger partial charge in [-0.25, -0.2) is 0 Å². The van der Waals surface area contributed by atoms with Gasteiger partial charge >= 0.3 is 0 Å². The molecule has 0 heterocycles. The predicted octanol–water partition coefficient (Wildman–Crippen LogP) is 2.49. The maximum Gasteiger partial charge on any atom is 0.118 e. The average Bonchev–Trinajstić information content (AvgIpc) is 2.70. The van der Waals surface area contributed by atoms with Gasteiger partial charge in [-0.15, -0.1) is 0 Å². The van der Waals surface area contributed by atoms with Crippen LogP contribution in [-0.4, -0.2) is 45.8 Å². The minimum atomic E-state index is -0.625. The molecule has 0 aliphatic heterocycles. The Hall–Kier alpha value is -0.600. The maximum absolute atomic E-state index is 10.1. The van der Waals surface area contributed by atoms with Crippen LogP contribution in [0.1, 0.15) is 66.2 Å². The number of ether oxygens (including phenoxy) is 1. The van der Waals surface area contributed by atoms with Crippen molar-refractivity contribution < 1.29 is 20.1 Å². The molecule has 0 amide bonds. The second-order valence-corrected chi connectivity index (χ2v) is 7.58. The molecule has 1 aliphatic carbocycles. The van der Waals surface area contributed by atoms with Crippen molar-refractivity contribution in [2.24, 2.45) is 11.8 Å². The van der Waals surface area contributed by atoms with E-state index in [1.165, 1.54) is 0 Å². The van der Waals surface area contributed by atoms with Crippen molar-refractivity contribution in [3.05, 3.63) is 0 Å². The van der Waals surface area contributed by atoms with Crippen LogP contribution in [0.2, 0.25) is 0 Å². The summed E-state index contributed by atoms with van der Waals surface area (Å²) >= 11 is 0. The summed E-state index contributed by atoms with van der Waals surface area (Å²) in [6, 6.07) is 0. The molecule has 23 heavy (non-hydrogen) atoms. The van der Waals surface area contributed by atoms with Crippen molar-refractivity contribution in [3.8, 4) is 11.8 Å². The number of unbranched alkanes of at least 4 members (excludes halogenated alkanes) is 2. The Morgan fingerprint density at radius 3 is 2.43 bits per heavy atom. The summed E-state index contributed by atoms with van der Waals surface area (Å²) in [5, 5.41) is 29.3. The first-order chi connectivity index (χ1) is 10.8. The summed E-state index contributed by atoms with van der Waals surface area (Å²) in [5.74, 6) is 5.90. The van der Waals surface area contributed by atoms with Gasteiger partial charge in [-0.1, -0.05) is 31.6 Å². The monoisotopic (exact) mass is 326 g/mol. The van der Waals surface area contributed by atoms with E-state index in [1.54, 1.807) is 0 Å². The highest BCUT2D eigenvalue weighted by molar-refractivity contribution is 5.15. The van der Waals surface area contributed by atoms with Gasteiger partial charge in [-0.2, -0.15) is 0 Å².